The van der Waals surface area contributed by atoms with Gasteiger partial charge in [0.05, 0.1) is 28.9 Å². The Bertz CT molecular complexity index is 1240. The van der Waals surface area contributed by atoms with Gasteiger partial charge in [-0.1, -0.05) is 12.1 Å². The molecule has 8 nitrogen and oxygen atoms in total. The molecule has 29 heavy (non-hydrogen) atoms. The summed E-state index contributed by atoms with van der Waals surface area (Å²) in [6.07, 6.45) is 2.72. The van der Waals surface area contributed by atoms with Crippen LogP contribution in [0, 0.1) is 0 Å². The number of esters is 1. The number of hydrogen-bond acceptors (Lipinski definition) is 8. The van der Waals surface area contributed by atoms with Crippen LogP contribution in [-0.4, -0.2) is 36.3 Å². The second-order valence-electron chi connectivity index (χ2n) is 7.53. The van der Waals surface area contributed by atoms with E-state index in [9.17, 15) is 9.59 Å². The van der Waals surface area contributed by atoms with Crippen LogP contribution in [0.1, 0.15) is 31.5 Å². The molecule has 0 atom stereocenters. The Balaban J connectivity index is 1.75. The number of thiazole rings is 1. The first kappa shape index (κ1) is 19.1. The third kappa shape index (κ3) is 4.14. The van der Waals surface area contributed by atoms with Crippen molar-refractivity contribution in [2.45, 2.75) is 39.3 Å². The standard InChI is InChI=1S/C20H19N5O3S/c1-20(2,3)28-17(26)8-14-12-9-21-11-22-18(12)19(27)25(24-14)10-16-23-13-6-4-5-7-15(13)29-16/h4-7,9,11H,8,10H2,1-3H3. The van der Waals surface area contributed by atoms with Gasteiger partial charge in [-0.15, -0.1) is 11.3 Å². The first-order valence-electron chi connectivity index (χ1n) is 9.06. The summed E-state index contributed by atoms with van der Waals surface area (Å²) in [5.74, 6) is -0.430. The zero-order valence-corrected chi connectivity index (χ0v) is 17.1. The van der Waals surface area contributed by atoms with Crippen LogP contribution < -0.4 is 5.56 Å². The topological polar surface area (TPSA) is 99.9 Å². The van der Waals surface area contributed by atoms with Gasteiger partial charge in [0, 0.05) is 11.6 Å². The number of ether oxygens (including phenoxy) is 1. The molecule has 9 heteroatoms. The van der Waals surface area contributed by atoms with Gasteiger partial charge in [-0.05, 0) is 32.9 Å². The van der Waals surface area contributed by atoms with E-state index in [-0.39, 0.29) is 24.0 Å². The maximum atomic E-state index is 12.9. The molecular formula is C20H19N5O3S. The number of carbonyl (C=O) groups excluding carboxylic acids is 1. The molecule has 0 unspecified atom stereocenters. The zero-order valence-electron chi connectivity index (χ0n) is 16.2. The largest absolute Gasteiger partial charge is 0.460 e. The van der Waals surface area contributed by atoms with Crippen LogP contribution in [0.2, 0.25) is 0 Å². The summed E-state index contributed by atoms with van der Waals surface area (Å²) in [6, 6.07) is 7.77. The van der Waals surface area contributed by atoms with Gasteiger partial charge in [-0.2, -0.15) is 5.10 Å². The number of fused-ring (bicyclic) bond motifs is 2. The van der Waals surface area contributed by atoms with Crippen LogP contribution in [0.15, 0.2) is 41.6 Å². The SMILES string of the molecule is CC(C)(C)OC(=O)Cc1nn(Cc2nc3ccccc3s2)c(=O)c2ncncc12. The highest BCUT2D eigenvalue weighted by atomic mass is 32.1. The van der Waals surface area contributed by atoms with Gasteiger partial charge in [-0.3, -0.25) is 9.59 Å². The van der Waals surface area contributed by atoms with Gasteiger partial charge in [-0.25, -0.2) is 19.6 Å². The Kier molecular flexibility index (Phi) is 4.83. The van der Waals surface area contributed by atoms with Crippen LogP contribution >= 0.6 is 11.3 Å². The van der Waals surface area contributed by atoms with E-state index in [1.165, 1.54) is 28.5 Å². The van der Waals surface area contributed by atoms with Gasteiger partial charge in [0.15, 0.2) is 0 Å². The minimum absolute atomic E-state index is 0.0821. The minimum Gasteiger partial charge on any atom is -0.460 e. The fourth-order valence-electron chi connectivity index (χ4n) is 2.95. The number of benzene rings is 1. The van der Waals surface area contributed by atoms with E-state index in [2.05, 4.69) is 20.1 Å². The normalized spacial score (nSPS) is 11.8. The molecule has 4 aromatic rings. The first-order valence-corrected chi connectivity index (χ1v) is 9.88. The Hall–Kier alpha value is -3.20. The Morgan fingerprint density at radius 1 is 1.24 bits per heavy atom. The molecule has 3 aromatic heterocycles. The third-order valence-electron chi connectivity index (χ3n) is 4.06. The summed E-state index contributed by atoms with van der Waals surface area (Å²) in [7, 11) is 0. The smallest absolute Gasteiger partial charge is 0.312 e. The number of aromatic nitrogens is 5. The van der Waals surface area contributed by atoms with Crippen LogP contribution in [0.5, 0.6) is 0 Å². The predicted octanol–water partition coefficient (Wildman–Crippen LogP) is 2.73. The maximum absolute atomic E-state index is 12.9. The molecule has 0 spiro atoms. The van der Waals surface area contributed by atoms with Crippen molar-refractivity contribution in [2.75, 3.05) is 0 Å². The van der Waals surface area contributed by atoms with Gasteiger partial charge in [0.1, 0.15) is 22.5 Å². The summed E-state index contributed by atoms with van der Waals surface area (Å²) in [5, 5.41) is 5.62. The van der Waals surface area contributed by atoms with E-state index < -0.39 is 11.6 Å². The molecule has 4 rings (SSSR count). The lowest BCUT2D eigenvalue weighted by Crippen LogP contribution is -2.29. The van der Waals surface area contributed by atoms with Crippen molar-refractivity contribution in [3.8, 4) is 0 Å². The lowest BCUT2D eigenvalue weighted by molar-refractivity contribution is -0.153. The predicted molar refractivity (Wildman–Crippen MR) is 110 cm³/mol. The average molecular weight is 409 g/mol. The number of hydrogen-bond donors (Lipinski definition) is 0. The van der Waals surface area contributed by atoms with E-state index in [0.717, 1.165) is 15.2 Å². The fraction of sp³-hybridized carbons (Fsp3) is 0.300. The van der Waals surface area contributed by atoms with Gasteiger partial charge in [0.2, 0.25) is 0 Å². The summed E-state index contributed by atoms with van der Waals surface area (Å²) in [6.45, 7) is 5.59. The molecule has 0 saturated carbocycles. The van der Waals surface area contributed by atoms with Crippen LogP contribution in [-0.2, 0) is 22.5 Å². The molecule has 0 fully saturated rings. The van der Waals surface area contributed by atoms with Crippen molar-refractivity contribution in [1.82, 2.24) is 24.7 Å². The first-order chi connectivity index (χ1) is 13.8. The van der Waals surface area contributed by atoms with E-state index in [1.54, 1.807) is 20.8 Å². The molecule has 0 saturated heterocycles. The van der Waals surface area contributed by atoms with Crippen LogP contribution in [0.4, 0.5) is 0 Å². The van der Waals surface area contributed by atoms with E-state index >= 15 is 0 Å². The fourth-order valence-corrected chi connectivity index (χ4v) is 3.90. The number of para-hydroxylation sites is 1. The monoisotopic (exact) mass is 409 g/mol. The van der Waals surface area contributed by atoms with Gasteiger partial charge < -0.3 is 4.74 Å². The molecule has 0 N–H and O–H groups in total. The van der Waals surface area contributed by atoms with Crippen molar-refractivity contribution in [3.05, 3.63) is 57.8 Å². The van der Waals surface area contributed by atoms with Crippen molar-refractivity contribution < 1.29 is 9.53 Å². The van der Waals surface area contributed by atoms with Gasteiger partial charge >= 0.3 is 5.97 Å². The van der Waals surface area contributed by atoms with Gasteiger partial charge in [0.25, 0.3) is 5.56 Å². The highest BCUT2D eigenvalue weighted by Crippen LogP contribution is 2.22. The Morgan fingerprint density at radius 3 is 2.79 bits per heavy atom. The Morgan fingerprint density at radius 2 is 2.03 bits per heavy atom. The van der Waals surface area contributed by atoms with Crippen molar-refractivity contribution >= 4 is 38.4 Å². The minimum atomic E-state index is -0.612. The average Bonchev–Trinajstić information content (AvgIpc) is 3.06. The molecule has 148 valence electrons. The van der Waals surface area contributed by atoms with Crippen LogP contribution in [0.3, 0.4) is 0 Å². The molecule has 0 aliphatic rings. The van der Waals surface area contributed by atoms with Crippen molar-refractivity contribution in [3.63, 3.8) is 0 Å². The summed E-state index contributed by atoms with van der Waals surface area (Å²) < 4.78 is 7.73. The Labute approximate surface area is 170 Å². The summed E-state index contributed by atoms with van der Waals surface area (Å²) in [5.41, 5.74) is 0.524. The second-order valence-corrected chi connectivity index (χ2v) is 8.65. The lowest BCUT2D eigenvalue weighted by Gasteiger charge is -2.19. The van der Waals surface area contributed by atoms with Crippen LogP contribution in [0.25, 0.3) is 21.1 Å². The summed E-state index contributed by atoms with van der Waals surface area (Å²) in [4.78, 5) is 37.9. The van der Waals surface area contributed by atoms with E-state index in [1.807, 2.05) is 24.3 Å². The molecular weight excluding hydrogens is 390 g/mol. The van der Waals surface area contributed by atoms with E-state index in [0.29, 0.717) is 11.1 Å². The number of carbonyl (C=O) groups is 1. The van der Waals surface area contributed by atoms with Crippen molar-refractivity contribution in [1.29, 1.82) is 0 Å². The van der Waals surface area contributed by atoms with E-state index in [4.69, 9.17) is 4.74 Å². The molecule has 0 aliphatic heterocycles. The molecule has 0 bridgehead atoms. The molecule has 0 amide bonds. The quantitative estimate of drug-likeness (QED) is 0.478. The zero-order chi connectivity index (χ0) is 20.6. The molecule has 0 radical (unpaired) electrons. The highest BCUT2D eigenvalue weighted by Gasteiger charge is 2.20. The number of rotatable bonds is 4. The number of nitrogens with zero attached hydrogens (tertiary/aromatic N) is 5. The molecule has 3 heterocycles. The second kappa shape index (κ2) is 7.32. The third-order valence-corrected chi connectivity index (χ3v) is 5.08. The van der Waals surface area contributed by atoms with Crippen molar-refractivity contribution in [2.24, 2.45) is 0 Å². The highest BCUT2D eigenvalue weighted by molar-refractivity contribution is 7.18. The molecule has 1 aromatic carbocycles. The summed E-state index contributed by atoms with van der Waals surface area (Å²) >= 11 is 1.50. The molecule has 0 aliphatic carbocycles. The maximum Gasteiger partial charge on any atom is 0.312 e. The lowest BCUT2D eigenvalue weighted by atomic mass is 10.1.